The third-order valence-corrected chi connectivity index (χ3v) is 5.43. The SMILES string of the molecule is CCNC(=NCCc1nnc2n1CCCCC2)N1CCCC(CC(N)=O)C1. The van der Waals surface area contributed by atoms with Crippen molar-refractivity contribution in [3.05, 3.63) is 11.6 Å². The highest BCUT2D eigenvalue weighted by Crippen LogP contribution is 2.19. The minimum Gasteiger partial charge on any atom is -0.370 e. The Labute approximate surface area is 161 Å². The van der Waals surface area contributed by atoms with Crippen LogP contribution in [0, 0.1) is 5.92 Å². The number of likely N-dealkylation sites (tertiary alicyclic amines) is 1. The van der Waals surface area contributed by atoms with Crippen molar-refractivity contribution in [2.24, 2.45) is 16.6 Å². The van der Waals surface area contributed by atoms with Crippen molar-refractivity contribution in [1.82, 2.24) is 25.0 Å². The first kappa shape index (κ1) is 19.6. The number of fused-ring (bicyclic) bond motifs is 1. The Bertz CT molecular complexity index is 654. The predicted molar refractivity (Wildman–Crippen MR) is 105 cm³/mol. The van der Waals surface area contributed by atoms with Crippen molar-refractivity contribution < 1.29 is 4.79 Å². The lowest BCUT2D eigenvalue weighted by molar-refractivity contribution is -0.119. The first-order valence-corrected chi connectivity index (χ1v) is 10.4. The summed E-state index contributed by atoms with van der Waals surface area (Å²) in [5, 5.41) is 12.2. The van der Waals surface area contributed by atoms with E-state index in [1.54, 1.807) is 0 Å². The molecule has 8 nitrogen and oxygen atoms in total. The number of aromatic nitrogens is 3. The minimum atomic E-state index is -0.212. The van der Waals surface area contributed by atoms with Crippen LogP contribution in [0.5, 0.6) is 0 Å². The summed E-state index contributed by atoms with van der Waals surface area (Å²) in [6, 6.07) is 0. The number of hydrogen-bond donors (Lipinski definition) is 2. The maximum atomic E-state index is 11.3. The van der Waals surface area contributed by atoms with E-state index < -0.39 is 0 Å². The van der Waals surface area contributed by atoms with Crippen molar-refractivity contribution in [1.29, 1.82) is 0 Å². The number of hydrogen-bond acceptors (Lipinski definition) is 4. The van der Waals surface area contributed by atoms with Gasteiger partial charge in [-0.05, 0) is 38.5 Å². The maximum Gasteiger partial charge on any atom is 0.217 e. The number of rotatable bonds is 6. The summed E-state index contributed by atoms with van der Waals surface area (Å²) in [4.78, 5) is 18.4. The van der Waals surface area contributed by atoms with Crippen molar-refractivity contribution in [2.75, 3.05) is 26.2 Å². The molecule has 0 radical (unpaired) electrons. The molecule has 3 N–H and O–H groups in total. The second kappa shape index (κ2) is 9.71. The van der Waals surface area contributed by atoms with Gasteiger partial charge in [0.2, 0.25) is 5.91 Å². The molecule has 2 aliphatic rings. The quantitative estimate of drug-likeness (QED) is 0.573. The van der Waals surface area contributed by atoms with Crippen LogP contribution in [0.4, 0.5) is 0 Å². The van der Waals surface area contributed by atoms with Crippen LogP contribution in [-0.4, -0.2) is 57.7 Å². The molecule has 0 bridgehead atoms. The normalized spacial score (nSPS) is 20.9. The molecule has 1 aromatic heterocycles. The first-order chi connectivity index (χ1) is 13.2. The van der Waals surface area contributed by atoms with Gasteiger partial charge in [0.1, 0.15) is 11.6 Å². The van der Waals surface area contributed by atoms with E-state index in [1.807, 2.05) is 0 Å². The molecule has 2 aliphatic heterocycles. The van der Waals surface area contributed by atoms with Crippen LogP contribution < -0.4 is 11.1 Å². The average molecular weight is 376 g/mol. The van der Waals surface area contributed by atoms with Crippen molar-refractivity contribution in [3.63, 3.8) is 0 Å². The highest BCUT2D eigenvalue weighted by Gasteiger charge is 2.23. The van der Waals surface area contributed by atoms with Gasteiger partial charge in [-0.2, -0.15) is 0 Å². The molecule has 8 heteroatoms. The molecule has 27 heavy (non-hydrogen) atoms. The van der Waals surface area contributed by atoms with Gasteiger partial charge in [0, 0.05) is 52.0 Å². The standard InChI is InChI=1S/C19H33N7O/c1-2-21-19(25-11-6-7-15(14-25)13-16(20)27)22-10-9-18-24-23-17-8-4-3-5-12-26(17)18/h15H,2-14H2,1H3,(H2,20,27)(H,21,22). The molecule has 0 aliphatic carbocycles. The lowest BCUT2D eigenvalue weighted by Crippen LogP contribution is -2.47. The van der Waals surface area contributed by atoms with Gasteiger partial charge in [-0.15, -0.1) is 10.2 Å². The van der Waals surface area contributed by atoms with E-state index >= 15 is 0 Å². The number of nitrogens with zero attached hydrogens (tertiary/aromatic N) is 5. The molecule has 1 atom stereocenters. The second-order valence-corrected chi connectivity index (χ2v) is 7.61. The van der Waals surface area contributed by atoms with Gasteiger partial charge in [-0.3, -0.25) is 9.79 Å². The number of piperidine rings is 1. The number of carbonyl (C=O) groups excluding carboxylic acids is 1. The van der Waals surface area contributed by atoms with E-state index in [-0.39, 0.29) is 5.91 Å². The van der Waals surface area contributed by atoms with Crippen LogP contribution in [0.25, 0.3) is 0 Å². The lowest BCUT2D eigenvalue weighted by Gasteiger charge is -2.34. The number of nitrogens with two attached hydrogens (primary N) is 1. The van der Waals surface area contributed by atoms with Crippen LogP contribution in [-0.2, 0) is 24.2 Å². The highest BCUT2D eigenvalue weighted by molar-refractivity contribution is 5.80. The number of aliphatic imine (C=N–C) groups is 1. The molecule has 1 fully saturated rings. The molecule has 0 spiro atoms. The van der Waals surface area contributed by atoms with Gasteiger partial charge >= 0.3 is 0 Å². The Morgan fingerprint density at radius 1 is 1.26 bits per heavy atom. The summed E-state index contributed by atoms with van der Waals surface area (Å²) in [5.41, 5.74) is 5.39. The van der Waals surface area contributed by atoms with E-state index in [4.69, 9.17) is 10.7 Å². The smallest absolute Gasteiger partial charge is 0.217 e. The van der Waals surface area contributed by atoms with E-state index in [0.717, 1.165) is 69.5 Å². The van der Waals surface area contributed by atoms with Crippen LogP contribution in [0.1, 0.15) is 57.1 Å². The number of guanidine groups is 1. The van der Waals surface area contributed by atoms with Crippen LogP contribution in [0.3, 0.4) is 0 Å². The monoisotopic (exact) mass is 375 g/mol. The number of nitrogens with one attached hydrogen (secondary N) is 1. The molecule has 0 aromatic carbocycles. The summed E-state index contributed by atoms with van der Waals surface area (Å²) >= 11 is 0. The third-order valence-electron chi connectivity index (χ3n) is 5.43. The highest BCUT2D eigenvalue weighted by atomic mass is 16.1. The Morgan fingerprint density at radius 3 is 2.96 bits per heavy atom. The van der Waals surface area contributed by atoms with Gasteiger partial charge in [0.05, 0.1) is 0 Å². The maximum absolute atomic E-state index is 11.3. The van der Waals surface area contributed by atoms with Gasteiger partial charge in [0.25, 0.3) is 0 Å². The molecule has 1 amide bonds. The summed E-state index contributed by atoms with van der Waals surface area (Å²) in [7, 11) is 0. The van der Waals surface area contributed by atoms with Crippen molar-refractivity contribution >= 4 is 11.9 Å². The second-order valence-electron chi connectivity index (χ2n) is 7.61. The fraction of sp³-hybridized carbons (Fsp3) is 0.789. The summed E-state index contributed by atoms with van der Waals surface area (Å²) in [6.45, 7) is 6.45. The van der Waals surface area contributed by atoms with Crippen LogP contribution in [0.2, 0.25) is 0 Å². The summed E-state index contributed by atoms with van der Waals surface area (Å²) in [6.07, 6.45) is 8.12. The van der Waals surface area contributed by atoms with E-state index in [9.17, 15) is 4.79 Å². The summed E-state index contributed by atoms with van der Waals surface area (Å²) < 4.78 is 2.29. The zero-order valence-electron chi connectivity index (χ0n) is 16.5. The molecule has 1 unspecified atom stereocenters. The van der Waals surface area contributed by atoms with Gasteiger partial charge in [0.15, 0.2) is 5.96 Å². The molecular weight excluding hydrogens is 342 g/mol. The largest absolute Gasteiger partial charge is 0.370 e. The zero-order valence-corrected chi connectivity index (χ0v) is 16.5. The molecule has 1 aromatic rings. The Kier molecular flexibility index (Phi) is 7.06. The number of primary amides is 1. The van der Waals surface area contributed by atoms with Gasteiger partial charge < -0.3 is 20.5 Å². The Morgan fingerprint density at radius 2 is 2.15 bits per heavy atom. The summed E-state index contributed by atoms with van der Waals surface area (Å²) in [5.74, 6) is 3.23. The molecule has 3 rings (SSSR count). The lowest BCUT2D eigenvalue weighted by atomic mass is 9.95. The zero-order chi connectivity index (χ0) is 19.1. The number of aryl methyl sites for hydroxylation is 1. The Hall–Kier alpha value is -2.12. The molecule has 1 saturated heterocycles. The number of amides is 1. The minimum absolute atomic E-state index is 0.212. The first-order valence-electron chi connectivity index (χ1n) is 10.4. The predicted octanol–water partition coefficient (Wildman–Crippen LogP) is 1.10. The van der Waals surface area contributed by atoms with Crippen LogP contribution >= 0.6 is 0 Å². The van der Waals surface area contributed by atoms with E-state index in [2.05, 4.69) is 31.9 Å². The fourth-order valence-electron chi connectivity index (χ4n) is 4.13. The van der Waals surface area contributed by atoms with Crippen molar-refractivity contribution in [2.45, 2.75) is 64.8 Å². The molecule has 150 valence electrons. The van der Waals surface area contributed by atoms with E-state index in [0.29, 0.717) is 18.9 Å². The topological polar surface area (TPSA) is 101 Å². The molecular formula is C19H33N7O. The Balaban J connectivity index is 1.60. The van der Waals surface area contributed by atoms with Crippen molar-refractivity contribution in [3.8, 4) is 0 Å². The average Bonchev–Trinajstić information content (AvgIpc) is 2.87. The van der Waals surface area contributed by atoms with E-state index in [1.165, 1.54) is 19.3 Å². The number of carbonyl (C=O) groups is 1. The third kappa shape index (κ3) is 5.43. The van der Waals surface area contributed by atoms with Gasteiger partial charge in [-0.1, -0.05) is 6.42 Å². The van der Waals surface area contributed by atoms with Gasteiger partial charge in [-0.25, -0.2) is 0 Å². The molecule has 0 saturated carbocycles. The molecule has 3 heterocycles. The van der Waals surface area contributed by atoms with Crippen LogP contribution in [0.15, 0.2) is 4.99 Å². The fourth-order valence-corrected chi connectivity index (χ4v) is 4.13.